The summed E-state index contributed by atoms with van der Waals surface area (Å²) in [6.45, 7) is 1.76. The third kappa shape index (κ3) is 1.58. The molecular formula is C11H17N3OS. The quantitative estimate of drug-likeness (QED) is 0.792. The van der Waals surface area contributed by atoms with Gasteiger partial charge in [-0.2, -0.15) is 11.8 Å². The number of hydrogen-bond donors (Lipinski definition) is 1. The maximum Gasteiger partial charge on any atom is 0.0989 e. The van der Waals surface area contributed by atoms with E-state index < -0.39 is 0 Å². The average Bonchev–Trinajstić information content (AvgIpc) is 2.90. The van der Waals surface area contributed by atoms with E-state index in [-0.39, 0.29) is 5.60 Å². The van der Waals surface area contributed by atoms with Gasteiger partial charge < -0.3 is 14.6 Å². The number of imidazole rings is 1. The van der Waals surface area contributed by atoms with E-state index in [1.54, 1.807) is 0 Å². The lowest BCUT2D eigenvalue weighted by molar-refractivity contribution is -0.0812. The van der Waals surface area contributed by atoms with E-state index in [4.69, 9.17) is 4.74 Å². The standard InChI is InChI=1S/C11H17N3OS/c1-14-8-12-6-9(14)10-11(2-5-16-7-11)15-4-3-13-10/h6,8,10,13H,2-5,7H2,1H3. The molecule has 1 aromatic heterocycles. The van der Waals surface area contributed by atoms with Crippen molar-refractivity contribution in [1.29, 1.82) is 0 Å². The zero-order chi connectivity index (χ0) is 11.0. The van der Waals surface area contributed by atoms with Gasteiger partial charge in [-0.05, 0) is 12.2 Å². The Kier molecular flexibility index (Phi) is 2.69. The maximum atomic E-state index is 6.09. The van der Waals surface area contributed by atoms with Crippen molar-refractivity contribution in [3.8, 4) is 0 Å². The van der Waals surface area contributed by atoms with Crippen LogP contribution in [-0.4, -0.2) is 39.8 Å². The highest BCUT2D eigenvalue weighted by Gasteiger charge is 2.46. The molecule has 16 heavy (non-hydrogen) atoms. The molecule has 2 aliphatic heterocycles. The number of rotatable bonds is 1. The fourth-order valence-corrected chi connectivity index (χ4v) is 4.02. The second-order valence-electron chi connectivity index (χ2n) is 4.53. The minimum absolute atomic E-state index is 0.00326. The molecule has 4 nitrogen and oxygen atoms in total. The van der Waals surface area contributed by atoms with E-state index in [0.29, 0.717) is 6.04 Å². The van der Waals surface area contributed by atoms with Gasteiger partial charge in [0, 0.05) is 25.5 Å². The molecule has 2 saturated heterocycles. The summed E-state index contributed by atoms with van der Waals surface area (Å²) >= 11 is 1.99. The predicted octanol–water partition coefficient (Wildman–Crippen LogP) is 0.957. The lowest BCUT2D eigenvalue weighted by atomic mass is 9.89. The fourth-order valence-electron chi connectivity index (χ4n) is 2.65. The Morgan fingerprint density at radius 2 is 2.62 bits per heavy atom. The van der Waals surface area contributed by atoms with Gasteiger partial charge in [-0.3, -0.25) is 0 Å². The first-order valence-corrected chi connectivity index (χ1v) is 6.89. The van der Waals surface area contributed by atoms with Gasteiger partial charge in [0.05, 0.1) is 30.3 Å². The van der Waals surface area contributed by atoms with Gasteiger partial charge >= 0.3 is 0 Å². The van der Waals surface area contributed by atoms with Crippen LogP contribution in [0.25, 0.3) is 0 Å². The molecule has 0 aliphatic carbocycles. The first-order valence-electron chi connectivity index (χ1n) is 5.73. The van der Waals surface area contributed by atoms with Crippen LogP contribution in [0.5, 0.6) is 0 Å². The van der Waals surface area contributed by atoms with Crippen molar-refractivity contribution in [1.82, 2.24) is 14.9 Å². The summed E-state index contributed by atoms with van der Waals surface area (Å²) in [5, 5.41) is 3.60. The number of hydrogen-bond acceptors (Lipinski definition) is 4. The van der Waals surface area contributed by atoms with Gasteiger partial charge in [0.1, 0.15) is 0 Å². The summed E-state index contributed by atoms with van der Waals surface area (Å²) < 4.78 is 8.19. The molecule has 3 rings (SSSR count). The molecular weight excluding hydrogens is 222 g/mol. The molecule has 1 N–H and O–H groups in total. The van der Waals surface area contributed by atoms with Crippen LogP contribution in [-0.2, 0) is 11.8 Å². The largest absolute Gasteiger partial charge is 0.371 e. The van der Waals surface area contributed by atoms with Crippen LogP contribution in [0.2, 0.25) is 0 Å². The summed E-state index contributed by atoms with van der Waals surface area (Å²) in [4.78, 5) is 4.21. The summed E-state index contributed by atoms with van der Waals surface area (Å²) in [7, 11) is 2.05. The van der Waals surface area contributed by atoms with E-state index in [2.05, 4.69) is 21.9 Å². The van der Waals surface area contributed by atoms with Crippen LogP contribution in [0.15, 0.2) is 12.5 Å². The van der Waals surface area contributed by atoms with Gasteiger partial charge in [-0.25, -0.2) is 4.98 Å². The van der Waals surface area contributed by atoms with E-state index in [1.165, 1.54) is 11.4 Å². The van der Waals surface area contributed by atoms with Gasteiger partial charge in [0.15, 0.2) is 0 Å². The topological polar surface area (TPSA) is 39.1 Å². The minimum atomic E-state index is -0.00326. The van der Waals surface area contributed by atoms with Crippen LogP contribution in [0.4, 0.5) is 0 Å². The fraction of sp³-hybridized carbons (Fsp3) is 0.727. The van der Waals surface area contributed by atoms with Crippen molar-refractivity contribution < 1.29 is 4.74 Å². The molecule has 1 aromatic rings. The van der Waals surface area contributed by atoms with E-state index in [1.807, 2.05) is 24.3 Å². The molecule has 0 aromatic carbocycles. The van der Waals surface area contributed by atoms with Crippen molar-refractivity contribution in [2.45, 2.75) is 18.1 Å². The Balaban J connectivity index is 1.94. The van der Waals surface area contributed by atoms with Crippen molar-refractivity contribution in [2.24, 2.45) is 7.05 Å². The first-order chi connectivity index (χ1) is 7.82. The highest BCUT2D eigenvalue weighted by Crippen LogP contribution is 2.42. The Bertz CT molecular complexity index is 373. The van der Waals surface area contributed by atoms with Gasteiger partial charge in [0.25, 0.3) is 0 Å². The smallest absolute Gasteiger partial charge is 0.0989 e. The van der Waals surface area contributed by atoms with E-state index in [9.17, 15) is 0 Å². The van der Waals surface area contributed by atoms with Gasteiger partial charge in [-0.1, -0.05) is 0 Å². The monoisotopic (exact) mass is 239 g/mol. The molecule has 2 aliphatic rings. The highest BCUT2D eigenvalue weighted by molar-refractivity contribution is 7.99. The number of nitrogens with one attached hydrogen (secondary N) is 1. The molecule has 3 heterocycles. The van der Waals surface area contributed by atoms with Crippen LogP contribution in [0, 0.1) is 0 Å². The number of thioether (sulfide) groups is 1. The van der Waals surface area contributed by atoms with Crippen LogP contribution in [0.1, 0.15) is 18.2 Å². The molecule has 5 heteroatoms. The third-order valence-electron chi connectivity index (χ3n) is 3.53. The number of ether oxygens (including phenoxy) is 1. The van der Waals surface area contributed by atoms with Crippen molar-refractivity contribution in [2.75, 3.05) is 24.7 Å². The summed E-state index contributed by atoms with van der Waals surface area (Å²) in [5.41, 5.74) is 1.23. The zero-order valence-corrected chi connectivity index (χ0v) is 10.3. The Morgan fingerprint density at radius 1 is 1.69 bits per heavy atom. The van der Waals surface area contributed by atoms with Gasteiger partial charge in [0.2, 0.25) is 0 Å². The third-order valence-corrected chi connectivity index (χ3v) is 4.72. The van der Waals surface area contributed by atoms with Crippen LogP contribution < -0.4 is 5.32 Å². The maximum absolute atomic E-state index is 6.09. The molecule has 2 atom stereocenters. The SMILES string of the molecule is Cn1cncc1C1NCCOC12CCSC2. The van der Waals surface area contributed by atoms with Crippen molar-refractivity contribution in [3.63, 3.8) is 0 Å². The molecule has 0 radical (unpaired) electrons. The van der Waals surface area contributed by atoms with Gasteiger partial charge in [-0.15, -0.1) is 0 Å². The zero-order valence-electron chi connectivity index (χ0n) is 9.48. The molecule has 88 valence electrons. The lowest BCUT2D eigenvalue weighted by Gasteiger charge is -2.41. The Morgan fingerprint density at radius 3 is 3.31 bits per heavy atom. The molecule has 2 unspecified atom stereocenters. The molecule has 2 fully saturated rings. The van der Waals surface area contributed by atoms with Crippen molar-refractivity contribution >= 4 is 11.8 Å². The second-order valence-corrected chi connectivity index (χ2v) is 5.64. The number of aryl methyl sites for hydroxylation is 1. The highest BCUT2D eigenvalue weighted by atomic mass is 32.2. The normalized spacial score (nSPS) is 34.7. The van der Waals surface area contributed by atoms with Crippen LogP contribution >= 0.6 is 11.8 Å². The number of morpholine rings is 1. The van der Waals surface area contributed by atoms with Crippen LogP contribution in [0.3, 0.4) is 0 Å². The summed E-state index contributed by atoms with van der Waals surface area (Å²) in [6.07, 6.45) is 4.96. The average molecular weight is 239 g/mol. The number of aromatic nitrogens is 2. The molecule has 1 spiro atoms. The molecule has 0 amide bonds. The van der Waals surface area contributed by atoms with Crippen molar-refractivity contribution in [3.05, 3.63) is 18.2 Å². The second kappa shape index (κ2) is 4.05. The Hall–Kier alpha value is -0.520. The molecule has 0 saturated carbocycles. The summed E-state index contributed by atoms with van der Waals surface area (Å²) in [6, 6.07) is 0.295. The Labute approximate surface area is 99.8 Å². The minimum Gasteiger partial charge on any atom is -0.371 e. The number of nitrogens with zero attached hydrogens (tertiary/aromatic N) is 2. The van der Waals surface area contributed by atoms with E-state index >= 15 is 0 Å². The lowest BCUT2D eigenvalue weighted by Crippen LogP contribution is -2.52. The molecule has 0 bridgehead atoms. The predicted molar refractivity (Wildman–Crippen MR) is 64.6 cm³/mol. The first kappa shape index (κ1) is 10.6. The van der Waals surface area contributed by atoms with E-state index in [0.717, 1.165) is 25.3 Å². The summed E-state index contributed by atoms with van der Waals surface area (Å²) in [5.74, 6) is 2.30.